The van der Waals surface area contributed by atoms with Crippen molar-refractivity contribution in [3.63, 3.8) is 0 Å². The van der Waals surface area contributed by atoms with Crippen LogP contribution in [-0.2, 0) is 9.53 Å². The van der Waals surface area contributed by atoms with Gasteiger partial charge in [0.1, 0.15) is 5.75 Å². The second-order valence-electron chi connectivity index (χ2n) is 5.67. The summed E-state index contributed by atoms with van der Waals surface area (Å²) in [7, 11) is 3.45. The minimum atomic E-state index is -0.337. The van der Waals surface area contributed by atoms with E-state index < -0.39 is 0 Å². The third-order valence-corrected chi connectivity index (χ3v) is 4.16. The zero-order valence-electron chi connectivity index (χ0n) is 14.0. The number of nitrogens with one attached hydrogen (secondary N) is 1. The van der Waals surface area contributed by atoms with Gasteiger partial charge in [0.2, 0.25) is 0 Å². The van der Waals surface area contributed by atoms with Crippen molar-refractivity contribution in [3.05, 3.63) is 41.1 Å². The number of carbonyl (C=O) groups excluding carboxylic acids is 1. The molecule has 0 aliphatic carbocycles. The Bertz CT molecular complexity index is 638. The number of esters is 1. The van der Waals surface area contributed by atoms with E-state index in [1.54, 1.807) is 12.0 Å². The summed E-state index contributed by atoms with van der Waals surface area (Å²) in [4.78, 5) is 14.3. The molecule has 0 saturated heterocycles. The van der Waals surface area contributed by atoms with Gasteiger partial charge in [-0.05, 0) is 50.7 Å². The Morgan fingerprint density at radius 2 is 1.91 bits per heavy atom. The Balaban J connectivity index is 2.45. The highest BCUT2D eigenvalue weighted by Crippen LogP contribution is 2.31. The van der Waals surface area contributed by atoms with Gasteiger partial charge in [-0.15, -0.1) is 0 Å². The van der Waals surface area contributed by atoms with Crippen LogP contribution in [0.25, 0.3) is 0 Å². The number of rotatable bonds is 4. The van der Waals surface area contributed by atoms with Gasteiger partial charge in [-0.25, -0.2) is 4.79 Å². The minimum absolute atomic E-state index is 0.182. The van der Waals surface area contributed by atoms with Crippen molar-refractivity contribution < 1.29 is 14.3 Å². The van der Waals surface area contributed by atoms with Crippen molar-refractivity contribution >= 4 is 23.3 Å². The largest absolute Gasteiger partial charge is 0.497 e. The topological polar surface area (TPSA) is 50.8 Å². The van der Waals surface area contributed by atoms with Crippen molar-refractivity contribution in [1.82, 2.24) is 10.2 Å². The fraction of sp³-hybridized carbons (Fsp3) is 0.412. The van der Waals surface area contributed by atoms with Gasteiger partial charge >= 0.3 is 5.97 Å². The molecule has 23 heavy (non-hydrogen) atoms. The highest BCUT2D eigenvalue weighted by molar-refractivity contribution is 7.80. The lowest BCUT2D eigenvalue weighted by atomic mass is 9.95. The quantitative estimate of drug-likeness (QED) is 0.675. The molecule has 5 nitrogen and oxygen atoms in total. The number of hydrogen-bond donors (Lipinski definition) is 1. The van der Waals surface area contributed by atoms with Crippen LogP contribution in [0.4, 0.5) is 0 Å². The summed E-state index contributed by atoms with van der Waals surface area (Å²) in [6.07, 6.45) is -0.182. The van der Waals surface area contributed by atoms with Crippen molar-refractivity contribution in [3.8, 4) is 5.75 Å². The highest BCUT2D eigenvalue weighted by Gasteiger charge is 2.33. The van der Waals surface area contributed by atoms with Gasteiger partial charge in [-0.3, -0.25) is 0 Å². The summed E-state index contributed by atoms with van der Waals surface area (Å²) < 4.78 is 10.6. The molecular formula is C17H22N2O3S. The SMILES string of the molecule is COc1ccc(C2NC(=S)N(C)C(C)=C2C(=O)OC(C)C)cc1. The smallest absolute Gasteiger partial charge is 0.338 e. The maximum absolute atomic E-state index is 12.6. The molecule has 0 aromatic heterocycles. The number of ether oxygens (including phenoxy) is 2. The summed E-state index contributed by atoms with van der Waals surface area (Å²) in [5.41, 5.74) is 2.29. The molecule has 1 aromatic carbocycles. The van der Waals surface area contributed by atoms with E-state index in [0.29, 0.717) is 10.7 Å². The fourth-order valence-electron chi connectivity index (χ4n) is 2.42. The third kappa shape index (κ3) is 3.64. The lowest BCUT2D eigenvalue weighted by molar-refractivity contribution is -0.143. The summed E-state index contributed by atoms with van der Waals surface area (Å²) in [5, 5.41) is 3.79. The zero-order valence-corrected chi connectivity index (χ0v) is 14.9. The van der Waals surface area contributed by atoms with Crippen LogP contribution in [0, 0.1) is 0 Å². The first-order chi connectivity index (χ1) is 10.8. The van der Waals surface area contributed by atoms with Gasteiger partial charge in [0.15, 0.2) is 5.11 Å². The molecule has 0 fully saturated rings. The fourth-order valence-corrected chi connectivity index (χ4v) is 2.68. The van der Waals surface area contributed by atoms with E-state index in [9.17, 15) is 4.79 Å². The lowest BCUT2D eigenvalue weighted by Gasteiger charge is -2.35. The van der Waals surface area contributed by atoms with Gasteiger partial charge in [-0.1, -0.05) is 12.1 Å². The Labute approximate surface area is 142 Å². The molecule has 1 aromatic rings. The van der Waals surface area contributed by atoms with Crippen LogP contribution < -0.4 is 10.1 Å². The summed E-state index contributed by atoms with van der Waals surface area (Å²) in [5.74, 6) is 0.427. The first kappa shape index (κ1) is 17.3. The lowest BCUT2D eigenvalue weighted by Crippen LogP contribution is -2.46. The maximum atomic E-state index is 12.6. The minimum Gasteiger partial charge on any atom is -0.497 e. The number of thiocarbonyl (C=S) groups is 1. The van der Waals surface area contributed by atoms with Gasteiger partial charge in [0, 0.05) is 12.7 Å². The molecule has 1 aliphatic heterocycles. The monoisotopic (exact) mass is 334 g/mol. The van der Waals surface area contributed by atoms with E-state index in [0.717, 1.165) is 17.0 Å². The molecule has 1 N–H and O–H groups in total. The Morgan fingerprint density at radius 3 is 2.43 bits per heavy atom. The second kappa shape index (κ2) is 7.00. The van der Waals surface area contributed by atoms with E-state index in [-0.39, 0.29) is 18.1 Å². The van der Waals surface area contributed by atoms with Crippen LogP contribution >= 0.6 is 12.2 Å². The van der Waals surface area contributed by atoms with Crippen LogP contribution in [0.2, 0.25) is 0 Å². The van der Waals surface area contributed by atoms with Gasteiger partial charge in [0.25, 0.3) is 0 Å². The molecule has 6 heteroatoms. The molecular weight excluding hydrogens is 312 g/mol. The predicted molar refractivity (Wildman–Crippen MR) is 93.2 cm³/mol. The van der Waals surface area contributed by atoms with E-state index in [2.05, 4.69) is 5.32 Å². The van der Waals surface area contributed by atoms with E-state index >= 15 is 0 Å². The molecule has 0 spiro atoms. The number of allylic oxidation sites excluding steroid dienone is 1. The molecule has 1 aliphatic rings. The standard InChI is InChI=1S/C17H22N2O3S/c1-10(2)22-16(20)14-11(3)19(4)17(23)18-15(14)12-6-8-13(21-5)9-7-12/h6-10,15H,1-5H3,(H,18,23). The van der Waals surface area contributed by atoms with Crippen LogP contribution in [0.1, 0.15) is 32.4 Å². The van der Waals surface area contributed by atoms with E-state index in [4.69, 9.17) is 21.7 Å². The summed E-state index contributed by atoms with van der Waals surface area (Å²) in [6.45, 7) is 5.54. The van der Waals surface area contributed by atoms with E-state index in [1.165, 1.54) is 0 Å². The number of hydrogen-bond acceptors (Lipinski definition) is 4. The van der Waals surface area contributed by atoms with Crippen LogP contribution in [-0.4, -0.2) is 36.2 Å². The molecule has 0 bridgehead atoms. The summed E-state index contributed by atoms with van der Waals surface area (Å²) in [6, 6.07) is 7.22. The molecule has 124 valence electrons. The predicted octanol–water partition coefficient (Wildman–Crippen LogP) is 2.78. The highest BCUT2D eigenvalue weighted by atomic mass is 32.1. The van der Waals surface area contributed by atoms with Crippen LogP contribution in [0.5, 0.6) is 5.75 Å². The van der Waals surface area contributed by atoms with Gasteiger partial charge < -0.3 is 19.7 Å². The molecule has 1 unspecified atom stereocenters. The maximum Gasteiger partial charge on any atom is 0.338 e. The molecule has 1 heterocycles. The van der Waals surface area contributed by atoms with Crippen molar-refractivity contribution in [2.75, 3.05) is 14.2 Å². The number of nitrogens with zero attached hydrogens (tertiary/aromatic N) is 1. The molecule has 0 amide bonds. The van der Waals surface area contributed by atoms with Crippen LogP contribution in [0.3, 0.4) is 0 Å². The number of benzene rings is 1. The first-order valence-corrected chi connectivity index (χ1v) is 7.86. The average Bonchev–Trinajstić information content (AvgIpc) is 2.51. The Kier molecular flexibility index (Phi) is 5.26. The number of carbonyl (C=O) groups is 1. The average molecular weight is 334 g/mol. The molecule has 0 saturated carbocycles. The molecule has 0 radical (unpaired) electrons. The molecule has 1 atom stereocenters. The summed E-state index contributed by atoms with van der Waals surface area (Å²) >= 11 is 5.36. The Morgan fingerprint density at radius 1 is 1.30 bits per heavy atom. The normalized spacial score (nSPS) is 18.1. The van der Waals surface area contributed by atoms with Gasteiger partial charge in [0.05, 0.1) is 24.8 Å². The van der Waals surface area contributed by atoms with Crippen molar-refractivity contribution in [1.29, 1.82) is 0 Å². The van der Waals surface area contributed by atoms with Crippen molar-refractivity contribution in [2.45, 2.75) is 32.9 Å². The Hall–Kier alpha value is -2.08. The van der Waals surface area contributed by atoms with Crippen LogP contribution in [0.15, 0.2) is 35.5 Å². The zero-order chi connectivity index (χ0) is 17.1. The molecule has 2 rings (SSSR count). The van der Waals surface area contributed by atoms with Gasteiger partial charge in [-0.2, -0.15) is 0 Å². The second-order valence-corrected chi connectivity index (χ2v) is 6.05. The first-order valence-electron chi connectivity index (χ1n) is 7.45. The van der Waals surface area contributed by atoms with Crippen molar-refractivity contribution in [2.24, 2.45) is 0 Å². The van der Waals surface area contributed by atoms with E-state index in [1.807, 2.05) is 52.1 Å². The number of methoxy groups -OCH3 is 1. The third-order valence-electron chi connectivity index (χ3n) is 3.77.